The van der Waals surface area contributed by atoms with E-state index in [-0.39, 0.29) is 0 Å². The minimum absolute atomic E-state index is 0.297. The van der Waals surface area contributed by atoms with Crippen LogP contribution >= 0.6 is 22.9 Å². The van der Waals surface area contributed by atoms with Gasteiger partial charge < -0.3 is 10.0 Å². The molecular formula is C14H18ClN3OS. The maximum Gasteiger partial charge on any atom is 0.225 e. The quantitative estimate of drug-likeness (QED) is 0.820. The zero-order chi connectivity index (χ0) is 14.3. The van der Waals surface area contributed by atoms with E-state index >= 15 is 0 Å². The van der Waals surface area contributed by atoms with Crippen molar-refractivity contribution in [2.45, 2.75) is 38.7 Å². The molecule has 6 heteroatoms. The monoisotopic (exact) mass is 311 g/mol. The van der Waals surface area contributed by atoms with Gasteiger partial charge in [0.1, 0.15) is 10.6 Å². The standard InChI is InChI=1S/C14H18ClN3OS/c1-9-8-10-11(16-13(15)17-12(10)20-9)18-6-3-4-14(2,19)5-7-18/h8,19H,3-7H2,1-2H3. The van der Waals surface area contributed by atoms with Crippen LogP contribution in [0.2, 0.25) is 5.28 Å². The van der Waals surface area contributed by atoms with Gasteiger partial charge in [0.25, 0.3) is 0 Å². The van der Waals surface area contributed by atoms with Crippen molar-refractivity contribution in [2.24, 2.45) is 0 Å². The van der Waals surface area contributed by atoms with Crippen LogP contribution in [0.15, 0.2) is 6.07 Å². The van der Waals surface area contributed by atoms with Crippen LogP contribution in [0.4, 0.5) is 5.82 Å². The summed E-state index contributed by atoms with van der Waals surface area (Å²) in [5.74, 6) is 0.905. The largest absolute Gasteiger partial charge is 0.390 e. The molecule has 20 heavy (non-hydrogen) atoms. The molecule has 0 aromatic carbocycles. The van der Waals surface area contributed by atoms with Crippen molar-refractivity contribution in [3.8, 4) is 0 Å². The highest BCUT2D eigenvalue weighted by Crippen LogP contribution is 2.33. The molecule has 0 amide bonds. The molecule has 1 aliphatic heterocycles. The molecule has 0 spiro atoms. The van der Waals surface area contributed by atoms with Gasteiger partial charge in [-0.05, 0) is 50.8 Å². The second-order valence-corrected chi connectivity index (χ2v) is 7.30. The summed E-state index contributed by atoms with van der Waals surface area (Å²) in [5.41, 5.74) is -0.574. The first-order valence-electron chi connectivity index (χ1n) is 6.86. The van der Waals surface area contributed by atoms with Crippen molar-refractivity contribution < 1.29 is 5.11 Å². The van der Waals surface area contributed by atoms with Crippen LogP contribution in [-0.4, -0.2) is 33.8 Å². The Morgan fingerprint density at radius 3 is 2.95 bits per heavy atom. The average molecular weight is 312 g/mol. The molecule has 1 fully saturated rings. The molecule has 1 aliphatic rings. The number of aliphatic hydroxyl groups is 1. The highest BCUT2D eigenvalue weighted by molar-refractivity contribution is 7.18. The number of anilines is 1. The molecular weight excluding hydrogens is 294 g/mol. The van der Waals surface area contributed by atoms with E-state index in [1.807, 2.05) is 6.92 Å². The van der Waals surface area contributed by atoms with Crippen molar-refractivity contribution in [1.29, 1.82) is 0 Å². The lowest BCUT2D eigenvalue weighted by Crippen LogP contribution is -2.29. The SMILES string of the molecule is Cc1cc2c(N3CCCC(C)(O)CC3)nc(Cl)nc2s1. The Labute approximate surface area is 127 Å². The maximum atomic E-state index is 10.2. The third kappa shape index (κ3) is 2.75. The predicted molar refractivity (Wildman–Crippen MR) is 83.8 cm³/mol. The first-order valence-corrected chi connectivity index (χ1v) is 8.05. The fraction of sp³-hybridized carbons (Fsp3) is 0.571. The summed E-state index contributed by atoms with van der Waals surface area (Å²) < 4.78 is 0. The number of nitrogens with zero attached hydrogens (tertiary/aromatic N) is 3. The Kier molecular flexibility index (Phi) is 3.60. The molecule has 0 radical (unpaired) electrons. The zero-order valence-corrected chi connectivity index (χ0v) is 13.3. The summed E-state index contributed by atoms with van der Waals surface area (Å²) in [4.78, 5) is 13.1. The van der Waals surface area contributed by atoms with Crippen LogP contribution in [-0.2, 0) is 0 Å². The van der Waals surface area contributed by atoms with Gasteiger partial charge in [-0.15, -0.1) is 11.3 Å². The van der Waals surface area contributed by atoms with Crippen molar-refractivity contribution in [3.05, 3.63) is 16.2 Å². The molecule has 0 aliphatic carbocycles. The van der Waals surface area contributed by atoms with E-state index in [0.29, 0.717) is 5.28 Å². The van der Waals surface area contributed by atoms with E-state index in [1.54, 1.807) is 11.3 Å². The van der Waals surface area contributed by atoms with Crippen LogP contribution in [0, 0.1) is 6.92 Å². The fourth-order valence-electron chi connectivity index (χ4n) is 2.72. The van der Waals surface area contributed by atoms with E-state index in [0.717, 1.165) is 48.4 Å². The number of rotatable bonds is 1. The van der Waals surface area contributed by atoms with E-state index in [1.165, 1.54) is 4.88 Å². The third-order valence-electron chi connectivity index (χ3n) is 3.83. The number of thiophene rings is 1. The van der Waals surface area contributed by atoms with Gasteiger partial charge in [0.05, 0.1) is 11.0 Å². The van der Waals surface area contributed by atoms with E-state index in [2.05, 4.69) is 27.9 Å². The smallest absolute Gasteiger partial charge is 0.225 e. The number of hydrogen-bond acceptors (Lipinski definition) is 5. The minimum atomic E-state index is -0.574. The molecule has 0 bridgehead atoms. The van der Waals surface area contributed by atoms with Crippen LogP contribution in [0.3, 0.4) is 0 Å². The van der Waals surface area contributed by atoms with Gasteiger partial charge in [-0.2, -0.15) is 4.98 Å². The normalized spacial score (nSPS) is 24.1. The molecule has 1 unspecified atom stereocenters. The summed E-state index contributed by atoms with van der Waals surface area (Å²) in [7, 11) is 0. The van der Waals surface area contributed by atoms with Crippen LogP contribution in [0.5, 0.6) is 0 Å². The Balaban J connectivity index is 2.00. The molecule has 3 heterocycles. The second-order valence-electron chi connectivity index (χ2n) is 5.73. The maximum absolute atomic E-state index is 10.2. The lowest BCUT2D eigenvalue weighted by molar-refractivity contribution is 0.0481. The lowest BCUT2D eigenvalue weighted by atomic mass is 9.98. The van der Waals surface area contributed by atoms with E-state index < -0.39 is 5.60 Å². The molecule has 4 nitrogen and oxygen atoms in total. The van der Waals surface area contributed by atoms with Gasteiger partial charge in [0, 0.05) is 18.0 Å². The predicted octanol–water partition coefficient (Wildman–Crippen LogP) is 3.39. The number of aryl methyl sites for hydroxylation is 1. The molecule has 2 aromatic heterocycles. The van der Waals surface area contributed by atoms with E-state index in [9.17, 15) is 5.11 Å². The highest BCUT2D eigenvalue weighted by atomic mass is 35.5. The highest BCUT2D eigenvalue weighted by Gasteiger charge is 2.26. The Hall–Kier alpha value is -0.910. The molecule has 2 aromatic rings. The summed E-state index contributed by atoms with van der Waals surface area (Å²) >= 11 is 7.70. The summed E-state index contributed by atoms with van der Waals surface area (Å²) in [6.45, 7) is 5.67. The molecule has 3 rings (SSSR count). The summed E-state index contributed by atoms with van der Waals surface area (Å²) in [6.07, 6.45) is 2.53. The van der Waals surface area contributed by atoms with Crippen molar-refractivity contribution in [2.75, 3.05) is 18.0 Å². The van der Waals surface area contributed by atoms with Gasteiger partial charge >= 0.3 is 0 Å². The number of aromatic nitrogens is 2. The average Bonchev–Trinajstić information content (AvgIpc) is 2.62. The first kappa shape index (κ1) is 14.0. The lowest BCUT2D eigenvalue weighted by Gasteiger charge is -2.23. The van der Waals surface area contributed by atoms with Gasteiger partial charge in [0.2, 0.25) is 5.28 Å². The first-order chi connectivity index (χ1) is 9.44. The molecule has 0 saturated carbocycles. The number of hydrogen-bond donors (Lipinski definition) is 1. The second kappa shape index (κ2) is 5.13. The van der Waals surface area contributed by atoms with Crippen LogP contribution < -0.4 is 4.90 Å². The van der Waals surface area contributed by atoms with Crippen molar-refractivity contribution in [1.82, 2.24) is 9.97 Å². The molecule has 1 atom stereocenters. The zero-order valence-electron chi connectivity index (χ0n) is 11.7. The van der Waals surface area contributed by atoms with Crippen molar-refractivity contribution >= 4 is 39.0 Å². The van der Waals surface area contributed by atoms with E-state index in [4.69, 9.17) is 11.6 Å². The van der Waals surface area contributed by atoms with Crippen molar-refractivity contribution in [3.63, 3.8) is 0 Å². The minimum Gasteiger partial charge on any atom is -0.390 e. The number of halogens is 1. The number of fused-ring (bicyclic) bond motifs is 1. The Morgan fingerprint density at radius 1 is 1.35 bits per heavy atom. The van der Waals surface area contributed by atoms with Crippen LogP contribution in [0.25, 0.3) is 10.2 Å². The Morgan fingerprint density at radius 2 is 2.15 bits per heavy atom. The summed E-state index contributed by atoms with van der Waals surface area (Å²) in [5, 5.41) is 11.6. The Bertz CT molecular complexity index is 641. The summed E-state index contributed by atoms with van der Waals surface area (Å²) in [6, 6.07) is 2.12. The molecule has 108 valence electrons. The topological polar surface area (TPSA) is 49.2 Å². The molecule has 1 N–H and O–H groups in total. The van der Waals surface area contributed by atoms with Crippen LogP contribution in [0.1, 0.15) is 31.1 Å². The third-order valence-corrected chi connectivity index (χ3v) is 4.95. The van der Waals surface area contributed by atoms with Gasteiger partial charge in [-0.1, -0.05) is 0 Å². The van der Waals surface area contributed by atoms with Gasteiger partial charge in [-0.25, -0.2) is 4.98 Å². The van der Waals surface area contributed by atoms with Gasteiger partial charge in [-0.3, -0.25) is 0 Å². The fourth-order valence-corrected chi connectivity index (χ4v) is 3.81. The van der Waals surface area contributed by atoms with Gasteiger partial charge in [0.15, 0.2) is 0 Å². The molecule has 1 saturated heterocycles.